The van der Waals surface area contributed by atoms with Crippen molar-refractivity contribution in [1.29, 1.82) is 0 Å². The van der Waals surface area contributed by atoms with E-state index in [0.29, 0.717) is 27.4 Å². The van der Waals surface area contributed by atoms with E-state index in [1.165, 1.54) is 22.2 Å². The van der Waals surface area contributed by atoms with E-state index in [2.05, 4.69) is 16.9 Å². The molecule has 0 bridgehead atoms. The zero-order chi connectivity index (χ0) is 17.8. The summed E-state index contributed by atoms with van der Waals surface area (Å²) in [6.07, 6.45) is 3.08. The normalized spacial score (nSPS) is 10.7. The third-order valence-electron chi connectivity index (χ3n) is 3.60. The van der Waals surface area contributed by atoms with Gasteiger partial charge in [0.15, 0.2) is 9.60 Å². The van der Waals surface area contributed by atoms with Crippen LogP contribution in [0, 0.1) is 3.95 Å². The van der Waals surface area contributed by atoms with Crippen LogP contribution in [0.3, 0.4) is 0 Å². The van der Waals surface area contributed by atoms with E-state index >= 15 is 0 Å². The lowest BCUT2D eigenvalue weighted by Gasteiger charge is -2.07. The molecule has 3 rings (SSSR count). The number of fused-ring (bicyclic) bond motifs is 1. The highest BCUT2D eigenvalue weighted by Gasteiger charge is 2.13. The maximum absolute atomic E-state index is 12.6. The number of carbonyl (C=O) groups is 1. The summed E-state index contributed by atoms with van der Waals surface area (Å²) in [5.74, 6) is -0.249. The topological polar surface area (TPSA) is 68.9 Å². The van der Waals surface area contributed by atoms with Gasteiger partial charge in [0, 0.05) is 13.1 Å². The Bertz CT molecular complexity index is 1030. The summed E-state index contributed by atoms with van der Waals surface area (Å²) in [7, 11) is 0. The second-order valence-corrected chi connectivity index (χ2v) is 7.00. The van der Waals surface area contributed by atoms with E-state index in [-0.39, 0.29) is 18.0 Å². The first-order valence-corrected chi connectivity index (χ1v) is 8.83. The summed E-state index contributed by atoms with van der Waals surface area (Å²) in [6, 6.07) is 9.58. The van der Waals surface area contributed by atoms with Crippen LogP contribution in [0.4, 0.5) is 0 Å². The highest BCUT2D eigenvalue weighted by molar-refractivity contribution is 7.73. The largest absolute Gasteiger partial charge is 0.350 e. The van der Waals surface area contributed by atoms with Gasteiger partial charge >= 0.3 is 0 Å². The number of carbonyl (C=O) groups excluding carboxylic acids is 1. The van der Waals surface area contributed by atoms with Crippen molar-refractivity contribution in [2.75, 3.05) is 0 Å². The summed E-state index contributed by atoms with van der Waals surface area (Å²) in [5.41, 5.74) is 1.26. The Balaban J connectivity index is 1.79. The van der Waals surface area contributed by atoms with Gasteiger partial charge in [-0.15, -0.1) is 6.58 Å². The van der Waals surface area contributed by atoms with Crippen molar-refractivity contribution in [2.45, 2.75) is 19.6 Å². The van der Waals surface area contributed by atoms with Gasteiger partial charge in [0.05, 0.1) is 0 Å². The molecule has 1 amide bonds. The lowest BCUT2D eigenvalue weighted by atomic mass is 10.2. The molecule has 0 saturated heterocycles. The molecule has 0 spiro atoms. The number of benzene rings is 1. The number of rotatable bonds is 6. The number of hydrogen-bond acceptors (Lipinski definition) is 5. The fourth-order valence-electron chi connectivity index (χ4n) is 2.38. The fraction of sp³-hybridized carbons (Fsp3) is 0.176. The molecule has 0 saturated carbocycles. The Morgan fingerprint density at radius 1 is 1.36 bits per heavy atom. The van der Waals surface area contributed by atoms with Crippen LogP contribution in [0.2, 0.25) is 0 Å². The van der Waals surface area contributed by atoms with Gasteiger partial charge in [0.1, 0.15) is 17.6 Å². The molecule has 0 aliphatic rings. The standard InChI is InChI=1S/C17H16N4O2S2/c1-2-8-21-15-14(25-17(21)24)16(23)20(11-19-15)10-13(22)18-9-12-6-4-3-5-7-12/h2-7,11H,1,8-10H2,(H,18,22). The number of amides is 1. The van der Waals surface area contributed by atoms with Crippen molar-refractivity contribution in [3.8, 4) is 0 Å². The minimum atomic E-state index is -0.265. The Labute approximate surface area is 153 Å². The molecule has 25 heavy (non-hydrogen) atoms. The maximum atomic E-state index is 12.6. The van der Waals surface area contributed by atoms with E-state index in [0.717, 1.165) is 5.56 Å². The molecule has 2 aromatic heterocycles. The summed E-state index contributed by atoms with van der Waals surface area (Å²) in [5, 5.41) is 2.80. The van der Waals surface area contributed by atoms with Gasteiger partial charge in [0.25, 0.3) is 5.56 Å². The molecule has 2 heterocycles. The number of nitrogens with zero attached hydrogens (tertiary/aromatic N) is 3. The number of aromatic nitrogens is 3. The minimum Gasteiger partial charge on any atom is -0.350 e. The van der Waals surface area contributed by atoms with Gasteiger partial charge in [-0.2, -0.15) is 0 Å². The quantitative estimate of drug-likeness (QED) is 0.533. The summed E-state index contributed by atoms with van der Waals surface area (Å²) in [4.78, 5) is 29.0. The molecule has 0 aliphatic heterocycles. The lowest BCUT2D eigenvalue weighted by molar-refractivity contribution is -0.121. The first-order chi connectivity index (χ1) is 12.1. The number of allylic oxidation sites excluding steroid dienone is 1. The van der Waals surface area contributed by atoms with Crippen LogP contribution in [0.25, 0.3) is 10.3 Å². The van der Waals surface area contributed by atoms with E-state index in [1.807, 2.05) is 30.3 Å². The van der Waals surface area contributed by atoms with Gasteiger partial charge in [-0.1, -0.05) is 47.7 Å². The highest BCUT2D eigenvalue weighted by atomic mass is 32.1. The Morgan fingerprint density at radius 3 is 2.84 bits per heavy atom. The summed E-state index contributed by atoms with van der Waals surface area (Å²) in [6.45, 7) is 4.51. The molecule has 0 unspecified atom stereocenters. The second kappa shape index (κ2) is 7.54. The minimum absolute atomic E-state index is 0.0826. The predicted octanol–water partition coefficient (Wildman–Crippen LogP) is 2.49. The molecular formula is C17H16N4O2S2. The molecule has 6 nitrogen and oxygen atoms in total. The van der Waals surface area contributed by atoms with Crippen LogP contribution in [0.1, 0.15) is 5.56 Å². The Kier molecular flexibility index (Phi) is 5.20. The monoisotopic (exact) mass is 372 g/mol. The molecule has 0 radical (unpaired) electrons. The number of thiazole rings is 1. The summed E-state index contributed by atoms with van der Waals surface area (Å²) < 4.78 is 4.06. The van der Waals surface area contributed by atoms with Crippen molar-refractivity contribution in [3.63, 3.8) is 0 Å². The van der Waals surface area contributed by atoms with E-state index < -0.39 is 0 Å². The van der Waals surface area contributed by atoms with Crippen LogP contribution >= 0.6 is 23.6 Å². The first-order valence-electron chi connectivity index (χ1n) is 7.60. The third-order valence-corrected chi connectivity index (χ3v) is 5.03. The number of hydrogen-bond donors (Lipinski definition) is 1. The average molecular weight is 372 g/mol. The van der Waals surface area contributed by atoms with E-state index in [4.69, 9.17) is 12.2 Å². The smallest absolute Gasteiger partial charge is 0.273 e. The molecular weight excluding hydrogens is 356 g/mol. The highest BCUT2D eigenvalue weighted by Crippen LogP contribution is 2.17. The molecule has 8 heteroatoms. The first kappa shape index (κ1) is 17.2. The second-order valence-electron chi connectivity index (χ2n) is 5.36. The zero-order valence-electron chi connectivity index (χ0n) is 13.3. The van der Waals surface area contributed by atoms with Crippen molar-refractivity contribution in [1.82, 2.24) is 19.4 Å². The van der Waals surface area contributed by atoms with Gasteiger partial charge in [0.2, 0.25) is 5.91 Å². The predicted molar refractivity (Wildman–Crippen MR) is 101 cm³/mol. The Hall–Kier alpha value is -2.58. The summed E-state index contributed by atoms with van der Waals surface area (Å²) >= 11 is 6.47. The average Bonchev–Trinajstić information content (AvgIpc) is 2.94. The van der Waals surface area contributed by atoms with Crippen molar-refractivity contribution in [3.05, 3.63) is 69.2 Å². The molecule has 0 aliphatic carbocycles. The maximum Gasteiger partial charge on any atom is 0.273 e. The van der Waals surface area contributed by atoms with Crippen LogP contribution < -0.4 is 10.9 Å². The van der Waals surface area contributed by atoms with Crippen molar-refractivity contribution < 1.29 is 4.79 Å². The lowest BCUT2D eigenvalue weighted by Crippen LogP contribution is -2.32. The molecule has 0 atom stereocenters. The van der Waals surface area contributed by atoms with Gasteiger partial charge < -0.3 is 9.88 Å². The van der Waals surface area contributed by atoms with Crippen LogP contribution in [0.5, 0.6) is 0 Å². The molecule has 1 aromatic carbocycles. The van der Waals surface area contributed by atoms with Gasteiger partial charge in [-0.3, -0.25) is 14.2 Å². The molecule has 3 aromatic rings. The van der Waals surface area contributed by atoms with Crippen LogP contribution in [-0.4, -0.2) is 20.0 Å². The Morgan fingerprint density at radius 2 is 2.12 bits per heavy atom. The van der Waals surface area contributed by atoms with E-state index in [1.54, 1.807) is 10.6 Å². The zero-order valence-corrected chi connectivity index (χ0v) is 15.0. The molecule has 1 N–H and O–H groups in total. The molecule has 128 valence electrons. The van der Waals surface area contributed by atoms with Gasteiger partial charge in [-0.05, 0) is 17.8 Å². The fourth-order valence-corrected chi connectivity index (χ4v) is 3.70. The SMILES string of the molecule is C=CCn1c(=S)sc2c(=O)n(CC(=O)NCc3ccccc3)cnc21. The van der Waals surface area contributed by atoms with E-state index in [9.17, 15) is 9.59 Å². The van der Waals surface area contributed by atoms with Crippen LogP contribution in [-0.2, 0) is 24.4 Å². The van der Waals surface area contributed by atoms with Crippen molar-refractivity contribution in [2.24, 2.45) is 0 Å². The molecule has 0 fully saturated rings. The third kappa shape index (κ3) is 3.75. The van der Waals surface area contributed by atoms with Gasteiger partial charge in [-0.25, -0.2) is 4.98 Å². The number of nitrogens with one attached hydrogen (secondary N) is 1. The van der Waals surface area contributed by atoms with Crippen molar-refractivity contribution >= 4 is 39.8 Å². The van der Waals surface area contributed by atoms with Crippen LogP contribution in [0.15, 0.2) is 54.1 Å².